The van der Waals surface area contributed by atoms with Crippen molar-refractivity contribution < 1.29 is 22.8 Å². The van der Waals surface area contributed by atoms with Crippen LogP contribution in [0.1, 0.15) is 22.8 Å². The van der Waals surface area contributed by atoms with E-state index in [1.165, 1.54) is 34.4 Å². The van der Waals surface area contributed by atoms with E-state index in [4.69, 9.17) is 0 Å². The third kappa shape index (κ3) is 4.35. The van der Waals surface area contributed by atoms with E-state index in [0.29, 0.717) is 5.56 Å². The fraction of sp³-hybridized carbons (Fsp3) is 0.250. The Morgan fingerprint density at radius 3 is 2.50 bits per heavy atom. The highest BCUT2D eigenvalue weighted by Crippen LogP contribution is 2.34. The molecule has 0 saturated heterocycles. The number of para-hydroxylation sites is 1. The Bertz CT molecular complexity index is 714. The monoisotopic (exact) mass is 356 g/mol. The van der Waals surface area contributed by atoms with E-state index >= 15 is 0 Å². The number of halogens is 3. The third-order valence-electron chi connectivity index (χ3n) is 3.28. The molecule has 128 valence electrons. The van der Waals surface area contributed by atoms with Gasteiger partial charge in [-0.3, -0.25) is 9.59 Å². The summed E-state index contributed by atoms with van der Waals surface area (Å²) in [5.74, 6) is -1.02. The predicted octanol–water partition coefficient (Wildman–Crippen LogP) is 3.87. The number of carbonyl (C=O) groups excluding carboxylic acids is 2. The van der Waals surface area contributed by atoms with Gasteiger partial charge in [-0.05, 0) is 30.5 Å². The van der Waals surface area contributed by atoms with Gasteiger partial charge in [0.05, 0.1) is 16.8 Å². The molecular weight excluding hydrogens is 341 g/mol. The van der Waals surface area contributed by atoms with Crippen LogP contribution in [-0.4, -0.2) is 29.8 Å². The largest absolute Gasteiger partial charge is 0.418 e. The first kappa shape index (κ1) is 18.0. The van der Waals surface area contributed by atoms with Gasteiger partial charge in [-0.2, -0.15) is 24.5 Å². The highest BCUT2D eigenvalue weighted by atomic mass is 32.1. The standard InChI is InChI=1S/C16H15F3N2O2S/c1-2-21(15(23)11-7-8-24-10-11)9-14(22)20-13-6-4-3-5-12(13)16(17,18)19/h3-8,10H,2,9H2,1H3,(H,20,22). The van der Waals surface area contributed by atoms with E-state index < -0.39 is 17.6 Å². The van der Waals surface area contributed by atoms with Gasteiger partial charge in [0.25, 0.3) is 5.91 Å². The summed E-state index contributed by atoms with van der Waals surface area (Å²) in [5, 5.41) is 5.62. The average Bonchev–Trinajstić information content (AvgIpc) is 3.06. The molecule has 0 bridgehead atoms. The Morgan fingerprint density at radius 1 is 1.21 bits per heavy atom. The fourth-order valence-corrected chi connectivity index (χ4v) is 2.73. The molecule has 0 unspecified atom stereocenters. The molecule has 0 atom stereocenters. The zero-order chi connectivity index (χ0) is 17.7. The molecule has 1 heterocycles. The van der Waals surface area contributed by atoms with Gasteiger partial charge in [0.2, 0.25) is 5.91 Å². The summed E-state index contributed by atoms with van der Waals surface area (Å²) in [5.41, 5.74) is -0.801. The lowest BCUT2D eigenvalue weighted by molar-refractivity contribution is -0.137. The van der Waals surface area contributed by atoms with Crippen molar-refractivity contribution >= 4 is 28.8 Å². The quantitative estimate of drug-likeness (QED) is 0.884. The molecule has 24 heavy (non-hydrogen) atoms. The smallest absolute Gasteiger partial charge is 0.330 e. The second kappa shape index (κ2) is 7.48. The third-order valence-corrected chi connectivity index (χ3v) is 3.96. The lowest BCUT2D eigenvalue weighted by Crippen LogP contribution is -2.37. The van der Waals surface area contributed by atoms with Crippen LogP contribution in [0.25, 0.3) is 0 Å². The first-order valence-electron chi connectivity index (χ1n) is 7.10. The molecule has 2 aromatic rings. The van der Waals surface area contributed by atoms with E-state index in [-0.39, 0.29) is 24.7 Å². The van der Waals surface area contributed by atoms with Crippen molar-refractivity contribution in [2.45, 2.75) is 13.1 Å². The van der Waals surface area contributed by atoms with Gasteiger partial charge in [0.15, 0.2) is 0 Å². The highest BCUT2D eigenvalue weighted by molar-refractivity contribution is 7.08. The lowest BCUT2D eigenvalue weighted by Gasteiger charge is -2.20. The van der Waals surface area contributed by atoms with Crippen molar-refractivity contribution in [3.8, 4) is 0 Å². The topological polar surface area (TPSA) is 49.4 Å². The number of carbonyl (C=O) groups is 2. The fourth-order valence-electron chi connectivity index (χ4n) is 2.10. The van der Waals surface area contributed by atoms with E-state index in [0.717, 1.165) is 6.07 Å². The normalized spacial score (nSPS) is 11.2. The van der Waals surface area contributed by atoms with Crippen LogP contribution in [0.15, 0.2) is 41.1 Å². The number of nitrogens with zero attached hydrogens (tertiary/aromatic N) is 1. The summed E-state index contributed by atoms with van der Waals surface area (Å²) in [6, 6.07) is 6.35. The van der Waals surface area contributed by atoms with Crippen molar-refractivity contribution in [3.63, 3.8) is 0 Å². The van der Waals surface area contributed by atoms with Gasteiger partial charge in [0, 0.05) is 11.9 Å². The molecule has 0 aliphatic rings. The molecule has 0 spiro atoms. The summed E-state index contributed by atoms with van der Waals surface area (Å²) in [4.78, 5) is 25.6. The molecule has 0 fully saturated rings. The zero-order valence-corrected chi connectivity index (χ0v) is 13.6. The number of nitrogens with one attached hydrogen (secondary N) is 1. The Kier molecular flexibility index (Phi) is 5.61. The van der Waals surface area contributed by atoms with E-state index in [1.54, 1.807) is 23.8 Å². The Balaban J connectivity index is 2.09. The number of hydrogen-bond donors (Lipinski definition) is 1. The van der Waals surface area contributed by atoms with Crippen LogP contribution in [0.5, 0.6) is 0 Å². The number of alkyl halides is 3. The molecule has 0 radical (unpaired) electrons. The molecule has 8 heteroatoms. The van der Waals surface area contributed by atoms with Gasteiger partial charge in [-0.25, -0.2) is 0 Å². The van der Waals surface area contributed by atoms with Crippen molar-refractivity contribution in [3.05, 3.63) is 52.2 Å². The van der Waals surface area contributed by atoms with Crippen LogP contribution < -0.4 is 5.32 Å². The molecule has 4 nitrogen and oxygen atoms in total. The van der Waals surface area contributed by atoms with Crippen LogP contribution >= 0.6 is 11.3 Å². The molecule has 0 aliphatic heterocycles. The van der Waals surface area contributed by atoms with E-state index in [2.05, 4.69) is 5.32 Å². The number of anilines is 1. The van der Waals surface area contributed by atoms with Crippen LogP contribution in [-0.2, 0) is 11.0 Å². The summed E-state index contributed by atoms with van der Waals surface area (Å²) in [6.07, 6.45) is -4.57. The minimum absolute atomic E-state index is 0.267. The van der Waals surface area contributed by atoms with E-state index in [9.17, 15) is 22.8 Å². The molecular formula is C16H15F3N2O2S. The molecule has 1 aromatic heterocycles. The summed E-state index contributed by atoms with van der Waals surface area (Å²) in [7, 11) is 0. The van der Waals surface area contributed by atoms with Gasteiger partial charge in [-0.1, -0.05) is 12.1 Å². The molecule has 0 saturated carbocycles. The van der Waals surface area contributed by atoms with Crippen molar-refractivity contribution in [2.75, 3.05) is 18.4 Å². The summed E-state index contributed by atoms with van der Waals surface area (Å²) >= 11 is 1.35. The zero-order valence-electron chi connectivity index (χ0n) is 12.8. The number of thiophene rings is 1. The van der Waals surface area contributed by atoms with Gasteiger partial charge >= 0.3 is 6.18 Å². The predicted molar refractivity (Wildman–Crippen MR) is 86.0 cm³/mol. The summed E-state index contributed by atoms with van der Waals surface area (Å²) < 4.78 is 38.8. The molecule has 2 amide bonds. The number of benzene rings is 1. The first-order chi connectivity index (χ1) is 11.3. The lowest BCUT2D eigenvalue weighted by atomic mass is 10.1. The van der Waals surface area contributed by atoms with Gasteiger partial charge < -0.3 is 10.2 Å². The van der Waals surface area contributed by atoms with Crippen LogP contribution in [0.3, 0.4) is 0 Å². The Morgan fingerprint density at radius 2 is 1.92 bits per heavy atom. The molecule has 1 aromatic carbocycles. The molecule has 0 aliphatic carbocycles. The SMILES string of the molecule is CCN(CC(=O)Nc1ccccc1C(F)(F)F)C(=O)c1ccsc1. The second-order valence-electron chi connectivity index (χ2n) is 4.92. The van der Waals surface area contributed by atoms with Crippen LogP contribution in [0.2, 0.25) is 0 Å². The van der Waals surface area contributed by atoms with Gasteiger partial charge in [0.1, 0.15) is 6.54 Å². The van der Waals surface area contributed by atoms with Crippen molar-refractivity contribution in [1.82, 2.24) is 4.90 Å². The molecule has 2 rings (SSSR count). The maximum absolute atomic E-state index is 12.9. The van der Waals surface area contributed by atoms with Gasteiger partial charge in [-0.15, -0.1) is 0 Å². The maximum Gasteiger partial charge on any atom is 0.418 e. The van der Waals surface area contributed by atoms with E-state index in [1.807, 2.05) is 0 Å². The molecule has 1 N–H and O–H groups in total. The second-order valence-corrected chi connectivity index (χ2v) is 5.70. The number of amides is 2. The van der Waals surface area contributed by atoms with Crippen LogP contribution in [0, 0.1) is 0 Å². The first-order valence-corrected chi connectivity index (χ1v) is 8.04. The Labute approximate surface area is 140 Å². The number of likely N-dealkylation sites (N-methyl/N-ethyl adjacent to an activating group) is 1. The van der Waals surface area contributed by atoms with Crippen molar-refractivity contribution in [2.24, 2.45) is 0 Å². The minimum Gasteiger partial charge on any atom is -0.330 e. The number of rotatable bonds is 5. The van der Waals surface area contributed by atoms with Crippen molar-refractivity contribution in [1.29, 1.82) is 0 Å². The average molecular weight is 356 g/mol. The Hall–Kier alpha value is -2.35. The summed E-state index contributed by atoms with van der Waals surface area (Å²) in [6.45, 7) is 1.64. The van der Waals surface area contributed by atoms with Crippen LogP contribution in [0.4, 0.5) is 18.9 Å². The number of hydrogen-bond acceptors (Lipinski definition) is 3. The maximum atomic E-state index is 12.9. The highest BCUT2D eigenvalue weighted by Gasteiger charge is 2.33. The minimum atomic E-state index is -4.57.